The summed E-state index contributed by atoms with van der Waals surface area (Å²) in [4.78, 5) is 26.4. The van der Waals surface area contributed by atoms with Crippen LogP contribution in [0.1, 0.15) is 21.6 Å². The van der Waals surface area contributed by atoms with Gasteiger partial charge in [-0.3, -0.25) is 9.78 Å². The van der Waals surface area contributed by atoms with E-state index in [1.807, 2.05) is 0 Å². The zero-order chi connectivity index (χ0) is 14.0. The van der Waals surface area contributed by atoms with Gasteiger partial charge < -0.3 is 9.67 Å². The number of carboxylic acid groups (broad SMARTS) is 1. The van der Waals surface area contributed by atoms with Gasteiger partial charge >= 0.3 is 5.97 Å². The van der Waals surface area contributed by atoms with Crippen LogP contribution in [0.25, 0.3) is 0 Å². The van der Waals surface area contributed by atoms with Crippen LogP contribution >= 0.6 is 11.6 Å². The molecule has 0 amide bonds. The van der Waals surface area contributed by atoms with Crippen LogP contribution in [-0.4, -0.2) is 20.6 Å². The molecule has 0 saturated heterocycles. The van der Waals surface area contributed by atoms with Crippen LogP contribution in [0.15, 0.2) is 35.5 Å². The van der Waals surface area contributed by atoms with E-state index < -0.39 is 11.4 Å². The predicted molar refractivity (Wildman–Crippen MR) is 70.7 cm³/mol. The van der Waals surface area contributed by atoms with E-state index in [1.54, 1.807) is 23.8 Å². The van der Waals surface area contributed by atoms with Crippen molar-refractivity contribution >= 4 is 17.6 Å². The highest BCUT2D eigenvalue weighted by Gasteiger charge is 2.11. The van der Waals surface area contributed by atoms with Gasteiger partial charge in [-0.2, -0.15) is 0 Å². The van der Waals surface area contributed by atoms with Crippen molar-refractivity contribution in [2.75, 3.05) is 0 Å². The fourth-order valence-electron chi connectivity index (χ4n) is 1.72. The van der Waals surface area contributed by atoms with Crippen molar-refractivity contribution in [3.05, 3.63) is 62.8 Å². The molecule has 0 spiro atoms. The highest BCUT2D eigenvalue weighted by Crippen LogP contribution is 2.15. The van der Waals surface area contributed by atoms with Gasteiger partial charge in [-0.1, -0.05) is 11.6 Å². The van der Waals surface area contributed by atoms with Crippen molar-refractivity contribution in [3.63, 3.8) is 0 Å². The minimum atomic E-state index is -1.24. The number of hydrogen-bond donors (Lipinski definition) is 1. The molecule has 19 heavy (non-hydrogen) atoms. The number of aromatic nitrogens is 2. The maximum atomic E-state index is 11.5. The molecule has 0 unspecified atom stereocenters. The molecule has 0 fully saturated rings. The topological polar surface area (TPSA) is 72.2 Å². The average Bonchev–Trinajstić information content (AvgIpc) is 2.34. The van der Waals surface area contributed by atoms with E-state index in [9.17, 15) is 9.59 Å². The Bertz CT molecular complexity index is 695. The lowest BCUT2D eigenvalue weighted by Gasteiger charge is -2.12. The van der Waals surface area contributed by atoms with E-state index in [2.05, 4.69) is 4.98 Å². The Morgan fingerprint density at radius 2 is 2.26 bits per heavy atom. The summed E-state index contributed by atoms with van der Waals surface area (Å²) in [6.45, 7) is 2.12. The van der Waals surface area contributed by atoms with Gasteiger partial charge in [-0.15, -0.1) is 0 Å². The molecule has 0 saturated carbocycles. The minimum absolute atomic E-state index is 0.254. The molecule has 2 aromatic rings. The molecule has 2 heterocycles. The molecule has 2 rings (SSSR count). The summed E-state index contributed by atoms with van der Waals surface area (Å²) in [6.07, 6.45) is 4.46. The van der Waals surface area contributed by atoms with Gasteiger partial charge in [0.1, 0.15) is 5.56 Å². The number of carboxylic acids is 1. The average molecular weight is 279 g/mol. The highest BCUT2D eigenvalue weighted by atomic mass is 35.5. The Kier molecular flexibility index (Phi) is 3.66. The molecule has 0 aliphatic carbocycles. The molecule has 0 bridgehead atoms. The second-order valence-electron chi connectivity index (χ2n) is 4.09. The van der Waals surface area contributed by atoms with Crippen molar-refractivity contribution in [1.29, 1.82) is 0 Å². The summed E-state index contributed by atoms with van der Waals surface area (Å²) < 4.78 is 1.67. The largest absolute Gasteiger partial charge is 0.477 e. The van der Waals surface area contributed by atoms with Crippen LogP contribution in [0.2, 0.25) is 5.02 Å². The van der Waals surface area contributed by atoms with Crippen LogP contribution in [0.4, 0.5) is 0 Å². The lowest BCUT2D eigenvalue weighted by molar-refractivity contribution is 0.0694. The van der Waals surface area contributed by atoms with E-state index in [1.165, 1.54) is 18.5 Å². The van der Waals surface area contributed by atoms with Crippen LogP contribution in [0, 0.1) is 6.92 Å². The van der Waals surface area contributed by atoms with Gasteiger partial charge in [0, 0.05) is 36.9 Å². The molecule has 6 heteroatoms. The smallest absolute Gasteiger partial charge is 0.341 e. The summed E-state index contributed by atoms with van der Waals surface area (Å²) in [5.74, 6) is -1.24. The quantitative estimate of drug-likeness (QED) is 0.931. The van der Waals surface area contributed by atoms with Crippen LogP contribution in [0.5, 0.6) is 0 Å². The molecule has 0 aliphatic heterocycles. The Labute approximate surface area is 114 Å². The van der Waals surface area contributed by atoms with Crippen molar-refractivity contribution in [2.45, 2.75) is 13.5 Å². The number of nitrogens with zero attached hydrogens (tertiary/aromatic N) is 2. The zero-order valence-corrected chi connectivity index (χ0v) is 10.9. The van der Waals surface area contributed by atoms with Gasteiger partial charge in [-0.25, -0.2) is 4.79 Å². The summed E-state index contributed by atoms with van der Waals surface area (Å²) in [6, 6.07) is 3.05. The molecular weight excluding hydrogens is 268 g/mol. The molecule has 0 radical (unpaired) electrons. The Balaban J connectivity index is 2.46. The first-order chi connectivity index (χ1) is 8.99. The van der Waals surface area contributed by atoms with E-state index in [0.29, 0.717) is 17.3 Å². The molecule has 2 aromatic heterocycles. The normalized spacial score (nSPS) is 10.4. The number of pyridine rings is 2. The Morgan fingerprint density at radius 3 is 2.89 bits per heavy atom. The number of aromatic carboxylic acids is 1. The van der Waals surface area contributed by atoms with E-state index in [0.717, 1.165) is 5.56 Å². The third kappa shape index (κ3) is 2.82. The number of carbonyl (C=O) groups is 1. The summed E-state index contributed by atoms with van der Waals surface area (Å²) in [5.41, 5.74) is 0.723. The minimum Gasteiger partial charge on any atom is -0.477 e. The van der Waals surface area contributed by atoms with E-state index in [4.69, 9.17) is 16.7 Å². The predicted octanol–water partition coefficient (Wildman–Crippen LogP) is 1.95. The number of halogens is 1. The van der Waals surface area contributed by atoms with Gasteiger partial charge in [0.2, 0.25) is 0 Å². The zero-order valence-electron chi connectivity index (χ0n) is 10.1. The Hall–Kier alpha value is -2.14. The van der Waals surface area contributed by atoms with Crippen molar-refractivity contribution in [2.24, 2.45) is 0 Å². The van der Waals surface area contributed by atoms with E-state index in [-0.39, 0.29) is 5.56 Å². The lowest BCUT2D eigenvalue weighted by atomic mass is 10.2. The highest BCUT2D eigenvalue weighted by molar-refractivity contribution is 6.31. The number of aryl methyl sites for hydroxylation is 1. The lowest BCUT2D eigenvalue weighted by Crippen LogP contribution is -2.19. The number of hydrogen-bond acceptors (Lipinski definition) is 3. The van der Waals surface area contributed by atoms with Gasteiger partial charge in [0.25, 0.3) is 0 Å². The first-order valence-corrected chi connectivity index (χ1v) is 5.89. The number of rotatable bonds is 3. The van der Waals surface area contributed by atoms with Crippen LogP contribution in [0.3, 0.4) is 0 Å². The van der Waals surface area contributed by atoms with E-state index >= 15 is 0 Å². The summed E-state index contributed by atoms with van der Waals surface area (Å²) in [5, 5.41) is 9.45. The first-order valence-electron chi connectivity index (χ1n) is 5.52. The third-order valence-electron chi connectivity index (χ3n) is 2.77. The molecule has 0 aliphatic rings. The van der Waals surface area contributed by atoms with Gasteiger partial charge in [0.05, 0.1) is 5.02 Å². The standard InChI is InChI=1S/C13H11ClN2O3/c1-8-4-12(17)10(13(18)19)7-16(8)6-9-2-3-15-5-11(9)14/h2-5,7H,6H2,1H3,(H,18,19). The summed E-state index contributed by atoms with van der Waals surface area (Å²) in [7, 11) is 0. The van der Waals surface area contributed by atoms with Crippen LogP contribution in [-0.2, 0) is 6.54 Å². The SMILES string of the molecule is Cc1cc(=O)c(C(=O)O)cn1Cc1ccncc1Cl. The molecule has 0 aromatic carbocycles. The molecule has 0 atom stereocenters. The van der Waals surface area contributed by atoms with Crippen molar-refractivity contribution in [1.82, 2.24) is 9.55 Å². The van der Waals surface area contributed by atoms with Gasteiger partial charge in [0.15, 0.2) is 5.43 Å². The van der Waals surface area contributed by atoms with Gasteiger partial charge in [-0.05, 0) is 18.6 Å². The molecule has 5 nitrogen and oxygen atoms in total. The molecule has 1 N–H and O–H groups in total. The molecular formula is C13H11ClN2O3. The third-order valence-corrected chi connectivity index (χ3v) is 3.11. The second kappa shape index (κ2) is 5.24. The fourth-order valence-corrected chi connectivity index (χ4v) is 1.90. The monoisotopic (exact) mass is 278 g/mol. The Morgan fingerprint density at radius 1 is 1.53 bits per heavy atom. The van der Waals surface area contributed by atoms with Crippen molar-refractivity contribution in [3.8, 4) is 0 Å². The fraction of sp³-hybridized carbons (Fsp3) is 0.154. The van der Waals surface area contributed by atoms with Crippen molar-refractivity contribution < 1.29 is 9.90 Å². The second-order valence-corrected chi connectivity index (χ2v) is 4.50. The maximum absolute atomic E-state index is 11.5. The van der Waals surface area contributed by atoms with Crippen LogP contribution < -0.4 is 5.43 Å². The summed E-state index contributed by atoms with van der Waals surface area (Å²) >= 11 is 6.01. The first kappa shape index (κ1) is 13.3. The molecule has 98 valence electrons. The maximum Gasteiger partial charge on any atom is 0.341 e.